The summed E-state index contributed by atoms with van der Waals surface area (Å²) in [6, 6.07) is 0. The fourth-order valence-corrected chi connectivity index (χ4v) is 1.56. The third-order valence-corrected chi connectivity index (χ3v) is 2.46. The van der Waals surface area contributed by atoms with Crippen molar-refractivity contribution in [2.45, 2.75) is 71.6 Å². The van der Waals surface area contributed by atoms with Crippen molar-refractivity contribution in [2.75, 3.05) is 0 Å². The fourth-order valence-electron chi connectivity index (χ4n) is 1.56. The Labute approximate surface area is 84.4 Å². The highest BCUT2D eigenvalue weighted by Gasteiger charge is 1.89. The molecule has 0 rings (SSSR count). The Kier molecular flexibility index (Phi) is 11.5. The van der Waals surface area contributed by atoms with Gasteiger partial charge in [0.25, 0.3) is 0 Å². The molecule has 0 aromatic carbocycles. The van der Waals surface area contributed by atoms with E-state index in [0.717, 1.165) is 0 Å². The first-order valence-corrected chi connectivity index (χ1v) is 6.03. The van der Waals surface area contributed by atoms with E-state index in [1.165, 1.54) is 57.8 Å². The van der Waals surface area contributed by atoms with Crippen LogP contribution in [-0.2, 0) is 0 Å². The Morgan fingerprint density at radius 2 is 1.31 bits per heavy atom. The molecule has 0 nitrogen and oxygen atoms in total. The summed E-state index contributed by atoms with van der Waals surface area (Å²) in [4.78, 5) is 0. The molecular weight excluding hydrogens is 156 g/mol. The molecule has 0 unspecified atom stereocenters. The maximum atomic E-state index is 2.27. The monoisotopic (exact) mass is 182 g/mol. The van der Waals surface area contributed by atoms with E-state index in [1.54, 1.807) is 0 Å². The topological polar surface area (TPSA) is 0 Å². The van der Waals surface area contributed by atoms with Crippen molar-refractivity contribution < 1.29 is 0 Å². The van der Waals surface area contributed by atoms with E-state index in [9.17, 15) is 0 Å². The van der Waals surface area contributed by atoms with Gasteiger partial charge in [-0.2, -0.15) is 0 Å². The lowest BCUT2D eigenvalue weighted by molar-refractivity contribution is 0.577. The van der Waals surface area contributed by atoms with Gasteiger partial charge in [-0.15, -0.1) is 0 Å². The Balaban J connectivity index is 2.83. The lowest BCUT2D eigenvalue weighted by Crippen LogP contribution is -1.79. The molecule has 0 aromatic heterocycles. The number of allylic oxidation sites excluding steroid dienone is 2. The Morgan fingerprint density at radius 1 is 0.769 bits per heavy atom. The molecule has 0 atom stereocenters. The molecule has 0 radical (unpaired) electrons. The van der Waals surface area contributed by atoms with Crippen molar-refractivity contribution in [3.63, 3.8) is 0 Å². The molecule has 0 bridgehead atoms. The average Bonchev–Trinajstić information content (AvgIpc) is 2.16. The van der Waals surface area contributed by atoms with Gasteiger partial charge in [0.2, 0.25) is 0 Å². The zero-order valence-electron chi connectivity index (χ0n) is 9.52. The SMILES string of the molecule is C/C=C\CCCCCCCCCC. The molecule has 0 aliphatic carbocycles. The van der Waals surface area contributed by atoms with Gasteiger partial charge >= 0.3 is 0 Å². The molecule has 78 valence electrons. The van der Waals surface area contributed by atoms with Crippen molar-refractivity contribution in [2.24, 2.45) is 0 Å². The quantitative estimate of drug-likeness (QED) is 0.344. The summed E-state index contributed by atoms with van der Waals surface area (Å²) in [5.41, 5.74) is 0. The highest BCUT2D eigenvalue weighted by Crippen LogP contribution is 2.09. The second-order valence-corrected chi connectivity index (χ2v) is 3.83. The van der Waals surface area contributed by atoms with E-state index in [2.05, 4.69) is 26.0 Å². The van der Waals surface area contributed by atoms with Crippen LogP contribution in [0.1, 0.15) is 71.6 Å². The van der Waals surface area contributed by atoms with Crippen molar-refractivity contribution in [3.8, 4) is 0 Å². The van der Waals surface area contributed by atoms with Crippen LogP contribution in [-0.4, -0.2) is 0 Å². The van der Waals surface area contributed by atoms with Crippen molar-refractivity contribution in [1.29, 1.82) is 0 Å². The van der Waals surface area contributed by atoms with Crippen LogP contribution in [0.25, 0.3) is 0 Å². The molecule has 0 aliphatic rings. The zero-order chi connectivity index (χ0) is 9.78. The normalized spacial score (nSPS) is 11.2. The van der Waals surface area contributed by atoms with E-state index in [0.29, 0.717) is 0 Å². The molecule has 0 heterocycles. The van der Waals surface area contributed by atoms with Crippen LogP contribution in [0.3, 0.4) is 0 Å². The van der Waals surface area contributed by atoms with Crippen LogP contribution < -0.4 is 0 Å². The van der Waals surface area contributed by atoms with Gasteiger partial charge in [0.1, 0.15) is 0 Å². The highest BCUT2D eigenvalue weighted by molar-refractivity contribution is 4.76. The summed E-state index contributed by atoms with van der Waals surface area (Å²) in [6.45, 7) is 4.38. The van der Waals surface area contributed by atoms with E-state index in [1.807, 2.05) is 0 Å². The predicted octanol–water partition coefficient (Wildman–Crippen LogP) is 5.09. The molecule has 0 fully saturated rings. The van der Waals surface area contributed by atoms with Crippen molar-refractivity contribution in [1.82, 2.24) is 0 Å². The first-order chi connectivity index (χ1) is 6.41. The number of hydrogen-bond donors (Lipinski definition) is 0. The lowest BCUT2D eigenvalue weighted by atomic mass is 10.1. The summed E-state index contributed by atoms with van der Waals surface area (Å²) in [5.74, 6) is 0. The smallest absolute Gasteiger partial charge is 0.0351 e. The molecule has 0 amide bonds. The van der Waals surface area contributed by atoms with Gasteiger partial charge in [0.05, 0.1) is 0 Å². The molecule has 0 heteroatoms. The van der Waals surface area contributed by atoms with Gasteiger partial charge < -0.3 is 0 Å². The van der Waals surface area contributed by atoms with Gasteiger partial charge in [-0.3, -0.25) is 0 Å². The molecule has 0 aliphatic heterocycles. The summed E-state index contributed by atoms with van der Waals surface area (Å²) in [7, 11) is 0. The Morgan fingerprint density at radius 3 is 1.85 bits per heavy atom. The van der Waals surface area contributed by atoms with E-state index < -0.39 is 0 Å². The minimum Gasteiger partial charge on any atom is -0.0917 e. The summed E-state index contributed by atoms with van der Waals surface area (Å²) in [5, 5.41) is 0. The van der Waals surface area contributed by atoms with Gasteiger partial charge in [0.15, 0.2) is 0 Å². The Bertz CT molecular complexity index is 103. The van der Waals surface area contributed by atoms with Gasteiger partial charge in [-0.1, -0.05) is 64.0 Å². The summed E-state index contributed by atoms with van der Waals surface area (Å²) < 4.78 is 0. The van der Waals surface area contributed by atoms with Crippen LogP contribution in [0.15, 0.2) is 12.2 Å². The molecule has 0 saturated carbocycles. The average molecular weight is 182 g/mol. The molecule has 0 aromatic rings. The molecule has 0 saturated heterocycles. The first kappa shape index (κ1) is 12.7. The van der Waals surface area contributed by atoms with Crippen LogP contribution in [0, 0.1) is 0 Å². The largest absolute Gasteiger partial charge is 0.0917 e. The van der Waals surface area contributed by atoms with Crippen LogP contribution in [0.4, 0.5) is 0 Å². The molecule has 0 N–H and O–H groups in total. The number of rotatable bonds is 9. The second kappa shape index (κ2) is 11.7. The standard InChI is InChI=1S/C13H26/c1-3-5-7-9-11-13-12-10-8-6-4-2/h3,5H,4,6-13H2,1-2H3/b5-3-. The van der Waals surface area contributed by atoms with E-state index in [4.69, 9.17) is 0 Å². The van der Waals surface area contributed by atoms with Gasteiger partial charge in [-0.05, 0) is 19.8 Å². The summed E-state index contributed by atoms with van der Waals surface area (Å²) >= 11 is 0. The lowest BCUT2D eigenvalue weighted by Gasteiger charge is -1.99. The minimum atomic E-state index is 1.28. The Hall–Kier alpha value is -0.260. The highest BCUT2D eigenvalue weighted by atomic mass is 14.0. The zero-order valence-corrected chi connectivity index (χ0v) is 9.52. The van der Waals surface area contributed by atoms with Gasteiger partial charge in [0, 0.05) is 0 Å². The fraction of sp³-hybridized carbons (Fsp3) is 0.846. The maximum absolute atomic E-state index is 2.27. The van der Waals surface area contributed by atoms with Gasteiger partial charge in [-0.25, -0.2) is 0 Å². The number of hydrogen-bond acceptors (Lipinski definition) is 0. The first-order valence-electron chi connectivity index (χ1n) is 6.03. The van der Waals surface area contributed by atoms with Crippen LogP contribution in [0.2, 0.25) is 0 Å². The van der Waals surface area contributed by atoms with Crippen molar-refractivity contribution >= 4 is 0 Å². The van der Waals surface area contributed by atoms with E-state index in [-0.39, 0.29) is 0 Å². The second-order valence-electron chi connectivity index (χ2n) is 3.83. The summed E-state index contributed by atoms with van der Waals surface area (Å²) in [6.07, 6.45) is 17.1. The van der Waals surface area contributed by atoms with Crippen LogP contribution >= 0.6 is 0 Å². The third-order valence-electron chi connectivity index (χ3n) is 2.46. The third kappa shape index (κ3) is 11.7. The van der Waals surface area contributed by atoms with E-state index >= 15 is 0 Å². The van der Waals surface area contributed by atoms with Crippen LogP contribution in [0.5, 0.6) is 0 Å². The number of unbranched alkanes of at least 4 members (excludes halogenated alkanes) is 8. The molecule has 0 spiro atoms. The van der Waals surface area contributed by atoms with Crippen molar-refractivity contribution in [3.05, 3.63) is 12.2 Å². The minimum absolute atomic E-state index is 1.28. The molecule has 13 heavy (non-hydrogen) atoms. The maximum Gasteiger partial charge on any atom is -0.0351 e. The predicted molar refractivity (Wildman–Crippen MR) is 62.0 cm³/mol. The molecular formula is C13H26.